The highest BCUT2D eigenvalue weighted by molar-refractivity contribution is 5.53. The molecule has 10 heavy (non-hydrogen) atoms. The van der Waals surface area contributed by atoms with Crippen LogP contribution in [0.25, 0.3) is 11.3 Å². The van der Waals surface area contributed by atoms with Crippen LogP contribution in [-0.4, -0.2) is 10.4 Å². The standard InChI is InChI=1S/C6H3N2O2/c1-2-9-3-5(1)6-4-10-8-7-6/h1-2,4H. The van der Waals surface area contributed by atoms with Gasteiger partial charge in [0.05, 0.1) is 11.8 Å². The van der Waals surface area contributed by atoms with Crippen molar-refractivity contribution in [3.63, 3.8) is 0 Å². The van der Waals surface area contributed by atoms with Gasteiger partial charge in [-0.3, -0.25) is 0 Å². The van der Waals surface area contributed by atoms with E-state index in [2.05, 4.69) is 21.2 Å². The number of rotatable bonds is 1. The monoisotopic (exact) mass is 135 g/mol. The molecule has 2 heterocycles. The van der Waals surface area contributed by atoms with Crippen LogP contribution in [0, 0.1) is 6.26 Å². The lowest BCUT2D eigenvalue weighted by atomic mass is 10.3. The van der Waals surface area contributed by atoms with Crippen molar-refractivity contribution in [1.82, 2.24) is 10.4 Å². The molecule has 0 spiro atoms. The van der Waals surface area contributed by atoms with Crippen molar-refractivity contribution in [2.75, 3.05) is 0 Å². The summed E-state index contributed by atoms with van der Waals surface area (Å²) in [7, 11) is 0. The van der Waals surface area contributed by atoms with E-state index in [1.165, 1.54) is 12.5 Å². The molecule has 0 aliphatic rings. The molecule has 0 aromatic carbocycles. The molecule has 0 fully saturated rings. The second-order valence-corrected chi connectivity index (χ2v) is 1.73. The Morgan fingerprint density at radius 3 is 3.10 bits per heavy atom. The van der Waals surface area contributed by atoms with Crippen molar-refractivity contribution in [2.24, 2.45) is 0 Å². The van der Waals surface area contributed by atoms with Crippen molar-refractivity contribution in [1.29, 1.82) is 0 Å². The van der Waals surface area contributed by atoms with E-state index in [0.29, 0.717) is 5.69 Å². The maximum absolute atomic E-state index is 4.70. The van der Waals surface area contributed by atoms with E-state index in [9.17, 15) is 0 Å². The number of nitrogens with zero attached hydrogens (tertiary/aromatic N) is 2. The van der Waals surface area contributed by atoms with Crippen LogP contribution in [0.4, 0.5) is 0 Å². The highest BCUT2D eigenvalue weighted by Crippen LogP contribution is 2.14. The normalized spacial score (nSPS) is 10.0. The molecule has 0 aliphatic carbocycles. The molecule has 0 saturated carbocycles. The summed E-state index contributed by atoms with van der Waals surface area (Å²) >= 11 is 0. The van der Waals surface area contributed by atoms with Gasteiger partial charge >= 0.3 is 0 Å². The third-order valence-corrected chi connectivity index (χ3v) is 1.11. The number of hydrogen-bond donors (Lipinski definition) is 0. The summed E-state index contributed by atoms with van der Waals surface area (Å²) in [6, 6.07) is 1.74. The molecule has 2 aromatic heterocycles. The first-order valence-electron chi connectivity index (χ1n) is 2.69. The van der Waals surface area contributed by atoms with Crippen LogP contribution in [0.1, 0.15) is 0 Å². The molecular weight excluding hydrogens is 132 g/mol. The molecule has 1 radical (unpaired) electrons. The largest absolute Gasteiger partial charge is 0.460 e. The summed E-state index contributed by atoms with van der Waals surface area (Å²) in [6.07, 6.45) is 5.55. The molecule has 0 atom stereocenters. The molecule has 0 aliphatic heterocycles. The first-order valence-corrected chi connectivity index (χ1v) is 2.69. The lowest BCUT2D eigenvalue weighted by Crippen LogP contribution is -1.71. The van der Waals surface area contributed by atoms with E-state index in [1.54, 1.807) is 6.07 Å². The lowest BCUT2D eigenvalue weighted by molar-refractivity contribution is 0.393. The van der Waals surface area contributed by atoms with E-state index in [1.807, 2.05) is 0 Å². The van der Waals surface area contributed by atoms with Crippen LogP contribution < -0.4 is 0 Å². The average Bonchev–Trinajstić information content (AvgIpc) is 2.59. The van der Waals surface area contributed by atoms with Gasteiger partial charge in [0.25, 0.3) is 0 Å². The Balaban J connectivity index is 2.48. The minimum atomic E-state index is 0.633. The zero-order chi connectivity index (χ0) is 6.81. The molecule has 4 heteroatoms. The second kappa shape index (κ2) is 1.98. The summed E-state index contributed by atoms with van der Waals surface area (Å²) in [5, 5.41) is 6.94. The average molecular weight is 135 g/mol. The van der Waals surface area contributed by atoms with Crippen LogP contribution >= 0.6 is 0 Å². The third kappa shape index (κ3) is 0.699. The molecule has 0 saturated heterocycles. The first-order chi connectivity index (χ1) is 4.97. The minimum absolute atomic E-state index is 0.633. The van der Waals surface area contributed by atoms with Gasteiger partial charge in [0.2, 0.25) is 0 Å². The van der Waals surface area contributed by atoms with Gasteiger partial charge in [0.15, 0.2) is 12.5 Å². The highest BCUT2D eigenvalue weighted by Gasteiger charge is 2.02. The molecular formula is C6H3N2O2. The molecule has 0 unspecified atom stereocenters. The van der Waals surface area contributed by atoms with Gasteiger partial charge in [0.1, 0.15) is 5.69 Å². The van der Waals surface area contributed by atoms with Gasteiger partial charge in [0, 0.05) is 5.27 Å². The predicted molar refractivity (Wildman–Crippen MR) is 30.8 cm³/mol. The summed E-state index contributed by atoms with van der Waals surface area (Å²) in [5.41, 5.74) is 1.38. The van der Waals surface area contributed by atoms with Crippen LogP contribution in [0.3, 0.4) is 0 Å². The fourth-order valence-corrected chi connectivity index (χ4v) is 0.653. The molecule has 2 aromatic rings. The molecule has 4 nitrogen and oxygen atoms in total. The van der Waals surface area contributed by atoms with Crippen LogP contribution in [0.15, 0.2) is 27.5 Å². The molecule has 2 rings (SSSR count). The summed E-state index contributed by atoms with van der Waals surface area (Å²) in [6.45, 7) is 0. The van der Waals surface area contributed by atoms with Gasteiger partial charge in [-0.05, 0) is 6.07 Å². The number of hydrogen-bond acceptors (Lipinski definition) is 4. The zero-order valence-corrected chi connectivity index (χ0v) is 4.94. The number of furan rings is 1. The summed E-state index contributed by atoms with van der Waals surface area (Å²) in [5.74, 6) is 0. The highest BCUT2D eigenvalue weighted by atomic mass is 16.5. The summed E-state index contributed by atoms with van der Waals surface area (Å²) in [4.78, 5) is 0. The predicted octanol–water partition coefficient (Wildman–Crippen LogP) is 1.13. The Labute approximate surface area is 56.4 Å². The van der Waals surface area contributed by atoms with Crippen LogP contribution in [0.2, 0.25) is 0 Å². The molecule has 49 valence electrons. The molecule has 0 amide bonds. The number of aromatic nitrogens is 2. The van der Waals surface area contributed by atoms with Crippen LogP contribution in [-0.2, 0) is 0 Å². The third-order valence-electron chi connectivity index (χ3n) is 1.11. The minimum Gasteiger partial charge on any atom is -0.460 e. The van der Waals surface area contributed by atoms with Crippen molar-refractivity contribution in [3.8, 4) is 11.3 Å². The first kappa shape index (κ1) is 5.22. The Hall–Kier alpha value is -1.58. The van der Waals surface area contributed by atoms with E-state index in [0.717, 1.165) is 5.56 Å². The van der Waals surface area contributed by atoms with Gasteiger partial charge in [-0.1, -0.05) is 0 Å². The quantitative estimate of drug-likeness (QED) is 0.588. The van der Waals surface area contributed by atoms with Crippen LogP contribution in [0.5, 0.6) is 0 Å². The maximum Gasteiger partial charge on any atom is 0.179 e. The van der Waals surface area contributed by atoms with Gasteiger partial charge in [-0.25, -0.2) is 0 Å². The molecule has 0 bridgehead atoms. The molecule has 0 N–H and O–H groups in total. The topological polar surface area (TPSA) is 52.1 Å². The second-order valence-electron chi connectivity index (χ2n) is 1.73. The van der Waals surface area contributed by atoms with Gasteiger partial charge < -0.3 is 8.94 Å². The summed E-state index contributed by atoms with van der Waals surface area (Å²) < 4.78 is 9.22. The van der Waals surface area contributed by atoms with Crippen molar-refractivity contribution in [2.45, 2.75) is 0 Å². The van der Waals surface area contributed by atoms with Gasteiger partial charge in [-0.15, -0.1) is 5.10 Å². The van der Waals surface area contributed by atoms with Crippen molar-refractivity contribution in [3.05, 3.63) is 24.9 Å². The van der Waals surface area contributed by atoms with E-state index < -0.39 is 0 Å². The fraction of sp³-hybridized carbons (Fsp3) is 0. The lowest BCUT2D eigenvalue weighted by Gasteiger charge is -1.77. The fourth-order valence-electron chi connectivity index (χ4n) is 0.653. The Kier molecular flexibility index (Phi) is 1.04. The van der Waals surface area contributed by atoms with Crippen molar-refractivity contribution >= 4 is 0 Å². The van der Waals surface area contributed by atoms with E-state index in [4.69, 9.17) is 4.42 Å². The van der Waals surface area contributed by atoms with Crippen molar-refractivity contribution < 1.29 is 8.94 Å². The van der Waals surface area contributed by atoms with Gasteiger partial charge in [-0.2, -0.15) is 0 Å². The smallest absolute Gasteiger partial charge is 0.179 e. The van der Waals surface area contributed by atoms with E-state index in [-0.39, 0.29) is 0 Å². The SMILES string of the molecule is [c]1occc1-c1conn1. The Morgan fingerprint density at radius 2 is 2.50 bits per heavy atom. The van der Waals surface area contributed by atoms with E-state index >= 15 is 0 Å². The Morgan fingerprint density at radius 1 is 1.50 bits per heavy atom. The maximum atomic E-state index is 4.70. The zero-order valence-electron chi connectivity index (χ0n) is 4.94. The Bertz CT molecular complexity index is 253.